The van der Waals surface area contributed by atoms with Crippen LogP contribution in [0.15, 0.2) is 12.1 Å². The molecule has 0 atom stereocenters. The second-order valence-electron chi connectivity index (χ2n) is 7.09. The Labute approximate surface area is 184 Å². The van der Waals surface area contributed by atoms with Crippen LogP contribution >= 0.6 is 11.6 Å². The van der Waals surface area contributed by atoms with Crippen LogP contribution in [0.1, 0.15) is 34.4 Å². The molecule has 0 fully saturated rings. The number of ether oxygens (including phenoxy) is 1. The Kier molecular flexibility index (Phi) is 7.56. The number of fused-ring (bicyclic) bond motifs is 1. The van der Waals surface area contributed by atoms with Crippen LogP contribution < -0.4 is 10.1 Å². The van der Waals surface area contributed by atoms with Crippen molar-refractivity contribution in [2.75, 3.05) is 25.0 Å². The first-order valence-corrected chi connectivity index (χ1v) is 10.1. The van der Waals surface area contributed by atoms with Crippen molar-refractivity contribution in [3.05, 3.63) is 45.2 Å². The number of pyridine rings is 2. The number of nitrogens with one attached hydrogen (secondary N) is 1. The fourth-order valence-corrected chi connectivity index (χ4v) is 3.72. The van der Waals surface area contributed by atoms with E-state index in [1.807, 2.05) is 19.1 Å². The number of halogens is 3. The van der Waals surface area contributed by atoms with Crippen molar-refractivity contribution in [3.63, 3.8) is 0 Å². The lowest BCUT2D eigenvalue weighted by Crippen LogP contribution is -2.32. The number of hydrogen-bond acceptors (Lipinski definition) is 7. The van der Waals surface area contributed by atoms with Gasteiger partial charge in [0, 0.05) is 43.4 Å². The Hall–Kier alpha value is -3.01. The molecule has 10 heteroatoms. The zero-order chi connectivity index (χ0) is 22.4. The first-order chi connectivity index (χ1) is 14.9. The van der Waals surface area contributed by atoms with Crippen LogP contribution in [-0.2, 0) is 19.5 Å². The number of rotatable bonds is 8. The molecule has 31 heavy (non-hydrogen) atoms. The van der Waals surface area contributed by atoms with Crippen molar-refractivity contribution in [1.29, 1.82) is 10.5 Å². The zero-order valence-electron chi connectivity index (χ0n) is 17.0. The van der Waals surface area contributed by atoms with E-state index in [0.717, 1.165) is 28.9 Å². The van der Waals surface area contributed by atoms with Crippen molar-refractivity contribution in [2.45, 2.75) is 39.3 Å². The molecule has 0 saturated carbocycles. The minimum Gasteiger partial charge on any atom is -0.477 e. The molecule has 3 rings (SSSR count). The molecule has 2 aromatic rings. The fraction of sp³-hybridized carbons (Fsp3) is 0.429. The average Bonchev–Trinajstić information content (AvgIpc) is 2.73. The lowest BCUT2D eigenvalue weighted by atomic mass is 9.96. The predicted octanol–water partition coefficient (Wildman–Crippen LogP) is 3.84. The highest BCUT2D eigenvalue weighted by atomic mass is 35.5. The Balaban J connectivity index is 1.75. The Morgan fingerprint density at radius 1 is 1.29 bits per heavy atom. The van der Waals surface area contributed by atoms with Gasteiger partial charge in [-0.05, 0) is 24.5 Å². The highest BCUT2D eigenvalue weighted by Gasteiger charge is 2.25. The third-order valence-electron chi connectivity index (χ3n) is 5.02. The number of anilines is 1. The van der Waals surface area contributed by atoms with Crippen LogP contribution in [0.3, 0.4) is 0 Å². The Morgan fingerprint density at radius 2 is 2.10 bits per heavy atom. The van der Waals surface area contributed by atoms with E-state index >= 15 is 0 Å². The number of aryl methyl sites for hydroxylation is 1. The smallest absolute Gasteiger partial charge is 0.241 e. The predicted molar refractivity (Wildman–Crippen MR) is 111 cm³/mol. The number of nitrogens with zero attached hydrogens (tertiary/aromatic N) is 5. The van der Waals surface area contributed by atoms with E-state index in [1.165, 1.54) is 0 Å². The minimum atomic E-state index is -2.40. The average molecular weight is 447 g/mol. The van der Waals surface area contributed by atoms with Gasteiger partial charge in [0.25, 0.3) is 0 Å². The van der Waals surface area contributed by atoms with Gasteiger partial charge in [0.2, 0.25) is 12.3 Å². The van der Waals surface area contributed by atoms with Crippen LogP contribution in [0.4, 0.5) is 14.6 Å². The topological polar surface area (TPSA) is 97.9 Å². The summed E-state index contributed by atoms with van der Waals surface area (Å²) in [4.78, 5) is 10.8. The van der Waals surface area contributed by atoms with Crippen LogP contribution in [-0.4, -0.2) is 41.0 Å². The van der Waals surface area contributed by atoms with Gasteiger partial charge in [-0.3, -0.25) is 4.90 Å². The molecule has 0 amide bonds. The number of nitriles is 2. The number of alkyl halides is 2. The normalized spacial score (nSPS) is 13.4. The molecular formula is C21H21ClF2N6O. The Morgan fingerprint density at radius 3 is 2.77 bits per heavy atom. The molecule has 2 aromatic heterocycles. The van der Waals surface area contributed by atoms with Crippen molar-refractivity contribution >= 4 is 17.4 Å². The summed E-state index contributed by atoms with van der Waals surface area (Å²) in [5.74, 6) is 0.868. The second kappa shape index (κ2) is 10.3. The van der Waals surface area contributed by atoms with E-state index < -0.39 is 6.43 Å². The lowest BCUT2D eigenvalue weighted by Gasteiger charge is -2.31. The van der Waals surface area contributed by atoms with Gasteiger partial charge in [0.1, 0.15) is 23.6 Å². The van der Waals surface area contributed by atoms with Crippen LogP contribution in [0.5, 0.6) is 5.88 Å². The second-order valence-corrected chi connectivity index (χ2v) is 7.45. The molecule has 1 aliphatic heterocycles. The van der Waals surface area contributed by atoms with Crippen LogP contribution in [0, 0.1) is 29.6 Å². The van der Waals surface area contributed by atoms with Gasteiger partial charge in [0.15, 0.2) is 0 Å². The van der Waals surface area contributed by atoms with E-state index in [1.54, 1.807) is 6.07 Å². The zero-order valence-corrected chi connectivity index (χ0v) is 17.7. The Bertz CT molecular complexity index is 1030. The standard InChI is InChI=1S/C21H21ClF2N6O/c1-13-14(2-3-19(28-13)31-9-5-18(23)24)11-30-8-4-15-17(12-30)16(10-26)20(22)29-21(15)27-7-6-25/h2-3,18H,4-5,7-9,11-12H2,1H3,(H,27,29). The van der Waals surface area contributed by atoms with Crippen molar-refractivity contribution in [2.24, 2.45) is 0 Å². The third-order valence-corrected chi connectivity index (χ3v) is 5.30. The van der Waals surface area contributed by atoms with Gasteiger partial charge in [-0.2, -0.15) is 10.5 Å². The van der Waals surface area contributed by atoms with Crippen LogP contribution in [0.2, 0.25) is 5.15 Å². The van der Waals surface area contributed by atoms with E-state index in [2.05, 4.69) is 26.3 Å². The largest absolute Gasteiger partial charge is 0.477 e. The molecule has 7 nitrogen and oxygen atoms in total. The molecule has 1 N–H and O–H groups in total. The molecule has 0 saturated heterocycles. The molecule has 0 spiro atoms. The highest BCUT2D eigenvalue weighted by Crippen LogP contribution is 2.32. The third kappa shape index (κ3) is 5.57. The summed E-state index contributed by atoms with van der Waals surface area (Å²) in [5, 5.41) is 21.5. The maximum Gasteiger partial charge on any atom is 0.241 e. The summed E-state index contributed by atoms with van der Waals surface area (Å²) >= 11 is 6.21. The maximum atomic E-state index is 12.3. The summed E-state index contributed by atoms with van der Waals surface area (Å²) in [6, 6.07) is 7.71. The molecular weight excluding hydrogens is 426 g/mol. The first kappa shape index (κ1) is 22.7. The van der Waals surface area contributed by atoms with E-state index in [9.17, 15) is 14.0 Å². The summed E-state index contributed by atoms with van der Waals surface area (Å²) < 4.78 is 29.8. The molecule has 0 bridgehead atoms. The molecule has 0 aliphatic carbocycles. The summed E-state index contributed by atoms with van der Waals surface area (Å²) in [7, 11) is 0. The summed E-state index contributed by atoms with van der Waals surface area (Å²) in [6.45, 7) is 3.70. The van der Waals surface area contributed by atoms with Crippen molar-refractivity contribution in [1.82, 2.24) is 14.9 Å². The van der Waals surface area contributed by atoms with E-state index in [4.69, 9.17) is 21.6 Å². The molecule has 0 unspecified atom stereocenters. The van der Waals surface area contributed by atoms with E-state index in [0.29, 0.717) is 36.8 Å². The quantitative estimate of drug-likeness (QED) is 0.486. The van der Waals surface area contributed by atoms with Gasteiger partial charge < -0.3 is 10.1 Å². The van der Waals surface area contributed by atoms with Gasteiger partial charge in [-0.1, -0.05) is 17.7 Å². The van der Waals surface area contributed by atoms with E-state index in [-0.39, 0.29) is 24.7 Å². The molecule has 162 valence electrons. The SMILES string of the molecule is Cc1nc(OCCC(F)F)ccc1CN1CCc2c(NCC#N)nc(Cl)c(C#N)c2C1. The van der Waals surface area contributed by atoms with Crippen LogP contribution in [0.25, 0.3) is 0 Å². The molecule has 3 heterocycles. The van der Waals surface area contributed by atoms with Gasteiger partial charge in [-0.15, -0.1) is 0 Å². The minimum absolute atomic E-state index is 0.0831. The van der Waals surface area contributed by atoms with Gasteiger partial charge in [-0.25, -0.2) is 18.7 Å². The lowest BCUT2D eigenvalue weighted by molar-refractivity contribution is 0.113. The van der Waals surface area contributed by atoms with Crippen molar-refractivity contribution in [3.8, 4) is 18.0 Å². The van der Waals surface area contributed by atoms with Gasteiger partial charge in [0.05, 0.1) is 18.2 Å². The summed E-state index contributed by atoms with van der Waals surface area (Å²) in [5.41, 5.74) is 3.80. The monoisotopic (exact) mass is 446 g/mol. The van der Waals surface area contributed by atoms with Gasteiger partial charge >= 0.3 is 0 Å². The molecule has 0 radical (unpaired) electrons. The number of hydrogen-bond donors (Lipinski definition) is 1. The maximum absolute atomic E-state index is 12.3. The summed E-state index contributed by atoms with van der Waals surface area (Å²) in [6.07, 6.45) is -2.08. The first-order valence-electron chi connectivity index (χ1n) is 9.75. The van der Waals surface area contributed by atoms with Crippen molar-refractivity contribution < 1.29 is 13.5 Å². The molecule has 0 aromatic carbocycles. The number of aromatic nitrogens is 2. The highest BCUT2D eigenvalue weighted by molar-refractivity contribution is 6.30. The molecule has 1 aliphatic rings. The fourth-order valence-electron chi connectivity index (χ4n) is 3.48.